The Kier molecular flexibility index (Phi) is 5.57. The molecular formula is C10H13NO5S2. The molecule has 6 nitrogen and oxygen atoms in total. The molecule has 8 heteroatoms. The number of hydrogen-bond donors (Lipinski definition) is 1. The zero-order valence-electron chi connectivity index (χ0n) is 9.91. The van der Waals surface area contributed by atoms with Crippen molar-refractivity contribution in [3.8, 4) is 0 Å². The van der Waals surface area contributed by atoms with Crippen LogP contribution in [0.4, 0.5) is 5.69 Å². The van der Waals surface area contributed by atoms with Crippen LogP contribution in [0.25, 0.3) is 0 Å². The summed E-state index contributed by atoms with van der Waals surface area (Å²) in [5, 5.41) is 20.2. The topological polar surface area (TPSA) is 89.7 Å². The van der Waals surface area contributed by atoms with Crippen molar-refractivity contribution in [1.29, 1.82) is 0 Å². The van der Waals surface area contributed by atoms with Crippen molar-refractivity contribution in [1.82, 2.24) is 0 Å². The van der Waals surface area contributed by atoms with Crippen molar-refractivity contribution in [3.05, 3.63) is 21.1 Å². The van der Waals surface area contributed by atoms with Gasteiger partial charge in [0.2, 0.25) is 0 Å². The Balaban J connectivity index is 2.74. The summed E-state index contributed by atoms with van der Waals surface area (Å²) in [6.07, 6.45) is -0.538. The second kappa shape index (κ2) is 6.72. The van der Waals surface area contributed by atoms with Gasteiger partial charge in [-0.15, -0.1) is 23.1 Å². The van der Waals surface area contributed by atoms with E-state index in [9.17, 15) is 20.0 Å². The maximum atomic E-state index is 10.9. The molecule has 1 atom stereocenters. The van der Waals surface area contributed by atoms with E-state index in [1.54, 1.807) is 6.92 Å². The molecule has 0 radical (unpaired) electrons. The van der Waals surface area contributed by atoms with Crippen LogP contribution in [-0.2, 0) is 9.53 Å². The third-order valence-corrected chi connectivity index (χ3v) is 4.65. The monoisotopic (exact) mass is 291 g/mol. The van der Waals surface area contributed by atoms with Crippen molar-refractivity contribution < 1.29 is 19.6 Å². The number of aliphatic hydroxyl groups excluding tert-OH is 1. The number of rotatable bonds is 6. The van der Waals surface area contributed by atoms with Crippen LogP contribution in [0.2, 0.25) is 0 Å². The van der Waals surface area contributed by atoms with Gasteiger partial charge < -0.3 is 9.84 Å². The van der Waals surface area contributed by atoms with Crippen LogP contribution >= 0.6 is 23.1 Å². The highest BCUT2D eigenvalue weighted by Gasteiger charge is 2.21. The summed E-state index contributed by atoms with van der Waals surface area (Å²) in [6, 6.07) is 1.37. The van der Waals surface area contributed by atoms with E-state index in [0.29, 0.717) is 14.8 Å². The van der Waals surface area contributed by atoms with E-state index in [0.717, 1.165) is 0 Å². The summed E-state index contributed by atoms with van der Waals surface area (Å²) in [4.78, 5) is 21.8. The molecule has 0 unspecified atom stereocenters. The summed E-state index contributed by atoms with van der Waals surface area (Å²) in [6.45, 7) is 1.55. The fourth-order valence-electron chi connectivity index (χ4n) is 1.15. The SMILES string of the molecule is COC(=O)CCSc1sc([C@@H](C)O)cc1[N+](=O)[O-]. The fraction of sp³-hybridized carbons (Fsp3) is 0.500. The molecule has 0 aliphatic carbocycles. The zero-order valence-corrected chi connectivity index (χ0v) is 11.5. The summed E-state index contributed by atoms with van der Waals surface area (Å²) in [7, 11) is 1.30. The number of nitrogens with zero attached hydrogens (tertiary/aromatic N) is 1. The van der Waals surface area contributed by atoms with Gasteiger partial charge in [-0.1, -0.05) is 0 Å². The third kappa shape index (κ3) is 3.97. The van der Waals surface area contributed by atoms with Gasteiger partial charge in [0.05, 0.1) is 24.6 Å². The number of ether oxygens (including phenoxy) is 1. The number of nitro groups is 1. The van der Waals surface area contributed by atoms with E-state index < -0.39 is 11.0 Å². The maximum absolute atomic E-state index is 10.9. The number of carbonyl (C=O) groups excluding carboxylic acids is 1. The van der Waals surface area contributed by atoms with Gasteiger partial charge in [-0.3, -0.25) is 14.9 Å². The Hall–Kier alpha value is -1.12. The number of methoxy groups -OCH3 is 1. The normalized spacial score (nSPS) is 12.2. The van der Waals surface area contributed by atoms with Gasteiger partial charge in [0.1, 0.15) is 4.21 Å². The highest BCUT2D eigenvalue weighted by Crippen LogP contribution is 2.39. The third-order valence-electron chi connectivity index (χ3n) is 2.07. The highest BCUT2D eigenvalue weighted by molar-refractivity contribution is 8.01. The lowest BCUT2D eigenvalue weighted by Gasteiger charge is -1.98. The molecule has 0 aliphatic rings. The van der Waals surface area contributed by atoms with Crippen LogP contribution in [0.5, 0.6) is 0 Å². The second-order valence-corrected chi connectivity index (χ2v) is 5.88. The number of aliphatic hydroxyl groups is 1. The van der Waals surface area contributed by atoms with E-state index in [-0.39, 0.29) is 18.1 Å². The molecular weight excluding hydrogens is 278 g/mol. The van der Waals surface area contributed by atoms with Gasteiger partial charge in [-0.25, -0.2) is 0 Å². The fourth-order valence-corrected chi connectivity index (χ4v) is 3.45. The Morgan fingerprint density at radius 3 is 2.89 bits per heavy atom. The van der Waals surface area contributed by atoms with Crippen molar-refractivity contribution in [2.24, 2.45) is 0 Å². The van der Waals surface area contributed by atoms with Crippen LogP contribution in [0.1, 0.15) is 24.3 Å². The van der Waals surface area contributed by atoms with E-state index in [2.05, 4.69) is 4.74 Å². The average molecular weight is 291 g/mol. The standard InChI is InChI=1S/C10H13NO5S2/c1-6(12)8-5-7(11(14)15)10(18-8)17-4-3-9(13)16-2/h5-6,12H,3-4H2,1-2H3/t6-/m1/s1. The molecule has 0 saturated heterocycles. The van der Waals surface area contributed by atoms with E-state index in [1.807, 2.05) is 0 Å². The first-order valence-electron chi connectivity index (χ1n) is 5.11. The summed E-state index contributed by atoms with van der Waals surface area (Å²) in [5.74, 6) is 0.0604. The zero-order chi connectivity index (χ0) is 13.7. The maximum Gasteiger partial charge on any atom is 0.306 e. The predicted octanol–water partition coefficient (Wildman–Crippen LogP) is 2.36. The van der Waals surface area contributed by atoms with Crippen molar-refractivity contribution in [2.45, 2.75) is 23.7 Å². The van der Waals surface area contributed by atoms with Crippen LogP contribution in [-0.4, -0.2) is 28.9 Å². The molecule has 0 aromatic carbocycles. The van der Waals surface area contributed by atoms with E-state index >= 15 is 0 Å². The molecule has 1 N–H and O–H groups in total. The lowest BCUT2D eigenvalue weighted by molar-refractivity contribution is -0.387. The number of thioether (sulfide) groups is 1. The molecule has 18 heavy (non-hydrogen) atoms. The number of esters is 1. The van der Waals surface area contributed by atoms with Gasteiger partial charge in [-0.05, 0) is 6.92 Å². The van der Waals surface area contributed by atoms with Gasteiger partial charge >= 0.3 is 5.97 Å². The molecule has 0 amide bonds. The minimum absolute atomic E-state index is 0.0224. The van der Waals surface area contributed by atoms with Crippen molar-refractivity contribution >= 4 is 34.8 Å². The molecule has 0 spiro atoms. The average Bonchev–Trinajstić information content (AvgIpc) is 2.73. The first-order valence-corrected chi connectivity index (χ1v) is 6.91. The molecule has 1 rings (SSSR count). The second-order valence-electron chi connectivity index (χ2n) is 3.43. The Bertz CT molecular complexity index is 443. The minimum atomic E-state index is -0.733. The van der Waals surface area contributed by atoms with Crippen LogP contribution < -0.4 is 0 Å². The molecule has 0 aliphatic heterocycles. The van der Waals surface area contributed by atoms with Crippen molar-refractivity contribution in [3.63, 3.8) is 0 Å². The van der Waals surface area contributed by atoms with Gasteiger partial charge in [0.25, 0.3) is 5.69 Å². The highest BCUT2D eigenvalue weighted by atomic mass is 32.2. The Morgan fingerprint density at radius 2 is 2.39 bits per heavy atom. The van der Waals surface area contributed by atoms with Gasteiger partial charge in [0, 0.05) is 16.7 Å². The smallest absolute Gasteiger partial charge is 0.306 e. The first-order chi connectivity index (χ1) is 8.45. The number of thiophene rings is 1. The molecule has 1 heterocycles. The molecule has 0 fully saturated rings. The quantitative estimate of drug-likeness (QED) is 0.374. The summed E-state index contributed by atoms with van der Waals surface area (Å²) >= 11 is 2.40. The lowest BCUT2D eigenvalue weighted by atomic mass is 10.3. The number of carbonyl (C=O) groups is 1. The largest absolute Gasteiger partial charge is 0.469 e. The van der Waals surface area contributed by atoms with Crippen molar-refractivity contribution in [2.75, 3.05) is 12.9 Å². The predicted molar refractivity (Wildman–Crippen MR) is 69.0 cm³/mol. The summed E-state index contributed by atoms with van der Waals surface area (Å²) in [5.41, 5.74) is -0.0224. The molecule has 0 saturated carbocycles. The first kappa shape index (κ1) is 14.9. The van der Waals surface area contributed by atoms with Gasteiger partial charge in [-0.2, -0.15) is 0 Å². The Morgan fingerprint density at radius 1 is 1.72 bits per heavy atom. The van der Waals surface area contributed by atoms with E-state index in [4.69, 9.17) is 0 Å². The van der Waals surface area contributed by atoms with Crippen LogP contribution in [0.3, 0.4) is 0 Å². The number of hydrogen-bond acceptors (Lipinski definition) is 7. The lowest BCUT2D eigenvalue weighted by Crippen LogP contribution is -2.00. The summed E-state index contributed by atoms with van der Waals surface area (Å²) < 4.78 is 4.99. The molecule has 0 bridgehead atoms. The van der Waals surface area contributed by atoms with Gasteiger partial charge in [0.15, 0.2) is 0 Å². The minimum Gasteiger partial charge on any atom is -0.469 e. The Labute approximate surface area is 112 Å². The van der Waals surface area contributed by atoms with Crippen LogP contribution in [0, 0.1) is 10.1 Å². The molecule has 100 valence electrons. The van der Waals surface area contributed by atoms with Crippen LogP contribution in [0.15, 0.2) is 10.3 Å². The molecule has 1 aromatic rings. The molecule has 1 aromatic heterocycles. The van der Waals surface area contributed by atoms with E-state index in [1.165, 1.54) is 36.3 Å².